The number of thioether (sulfide) groups is 1. The lowest BCUT2D eigenvalue weighted by molar-refractivity contribution is -0.144. The van der Waals surface area contributed by atoms with Crippen LogP contribution in [-0.2, 0) is 14.3 Å². The third-order valence-electron chi connectivity index (χ3n) is 2.25. The molecule has 0 aliphatic rings. The van der Waals surface area contributed by atoms with Crippen molar-refractivity contribution in [2.75, 3.05) is 17.7 Å². The molecular weight excluding hydrogens is 326 g/mol. The first kappa shape index (κ1) is 16.3. The quantitative estimate of drug-likeness (QED) is 0.475. The molecule has 0 fully saturated rings. The van der Waals surface area contributed by atoms with Crippen molar-refractivity contribution in [2.24, 2.45) is 0 Å². The number of aromatic nitrogens is 4. The molecule has 0 bridgehead atoms. The first-order valence-electron chi connectivity index (χ1n) is 6.19. The zero-order chi connectivity index (χ0) is 15.9. The van der Waals surface area contributed by atoms with Crippen LogP contribution in [0.1, 0.15) is 11.4 Å². The fraction of sp³-hybridized carbons (Fsp3) is 0.333. The number of anilines is 1. The molecule has 2 rings (SSSR count). The Morgan fingerprint density at radius 2 is 2.05 bits per heavy atom. The molecule has 0 spiro atoms. The number of esters is 1. The molecule has 2 heterocycles. The van der Waals surface area contributed by atoms with E-state index < -0.39 is 11.9 Å². The van der Waals surface area contributed by atoms with Gasteiger partial charge in [-0.2, -0.15) is 0 Å². The highest BCUT2D eigenvalue weighted by Crippen LogP contribution is 2.14. The molecule has 2 aromatic heterocycles. The molecule has 0 aromatic carbocycles. The molecule has 116 valence electrons. The van der Waals surface area contributed by atoms with Gasteiger partial charge in [-0.05, 0) is 19.9 Å². The summed E-state index contributed by atoms with van der Waals surface area (Å²) in [6, 6.07) is 1.85. The highest BCUT2D eigenvalue weighted by molar-refractivity contribution is 7.99. The maximum absolute atomic E-state index is 11.6. The van der Waals surface area contributed by atoms with Crippen LogP contribution in [-0.4, -0.2) is 44.4 Å². The largest absolute Gasteiger partial charge is 0.455 e. The Balaban J connectivity index is 1.72. The lowest BCUT2D eigenvalue weighted by Gasteiger charge is -2.05. The summed E-state index contributed by atoms with van der Waals surface area (Å²) in [5.41, 5.74) is 3.15. The van der Waals surface area contributed by atoms with Crippen molar-refractivity contribution in [3.63, 3.8) is 0 Å². The lowest BCUT2D eigenvalue weighted by Crippen LogP contribution is -2.21. The topological polar surface area (TPSA) is 107 Å². The monoisotopic (exact) mass is 339 g/mol. The van der Waals surface area contributed by atoms with E-state index in [9.17, 15) is 9.59 Å². The van der Waals surface area contributed by atoms with Crippen molar-refractivity contribution >= 4 is 40.1 Å². The molecule has 8 nitrogen and oxygen atoms in total. The molecule has 0 unspecified atom stereocenters. The van der Waals surface area contributed by atoms with Crippen LogP contribution in [0.3, 0.4) is 0 Å². The summed E-state index contributed by atoms with van der Waals surface area (Å²) in [5.74, 6) is -0.937. The Morgan fingerprint density at radius 1 is 1.32 bits per heavy atom. The molecule has 10 heteroatoms. The molecule has 2 aromatic rings. The van der Waals surface area contributed by atoms with E-state index in [0.717, 1.165) is 11.4 Å². The zero-order valence-corrected chi connectivity index (χ0v) is 13.5. The van der Waals surface area contributed by atoms with Gasteiger partial charge in [0.25, 0.3) is 5.91 Å². The Bertz CT molecular complexity index is 643. The van der Waals surface area contributed by atoms with Crippen LogP contribution < -0.4 is 5.32 Å². The minimum atomic E-state index is -0.514. The predicted molar refractivity (Wildman–Crippen MR) is 81.7 cm³/mol. The second-order valence-corrected chi connectivity index (χ2v) is 5.95. The molecule has 0 aliphatic heterocycles. The van der Waals surface area contributed by atoms with Crippen LogP contribution in [0.25, 0.3) is 0 Å². The van der Waals surface area contributed by atoms with Crippen molar-refractivity contribution < 1.29 is 14.3 Å². The van der Waals surface area contributed by atoms with Gasteiger partial charge in [0.05, 0.1) is 5.75 Å². The SMILES string of the molecule is Cc1cc(C)nc(SCC(=O)OCC(=O)Nc2nncs2)n1. The van der Waals surface area contributed by atoms with E-state index in [1.807, 2.05) is 19.9 Å². The number of hydrogen-bond donors (Lipinski definition) is 1. The third-order valence-corrected chi connectivity index (χ3v) is 3.68. The standard InChI is InChI=1S/C12H13N5O3S2/c1-7-3-8(2)15-11(14-7)21-5-10(19)20-4-9(18)16-12-17-13-6-22-12/h3,6H,4-5H2,1-2H3,(H,16,17,18). The van der Waals surface area contributed by atoms with E-state index in [-0.39, 0.29) is 12.4 Å². The van der Waals surface area contributed by atoms with Crippen molar-refractivity contribution in [1.82, 2.24) is 20.2 Å². The summed E-state index contributed by atoms with van der Waals surface area (Å²) in [6.07, 6.45) is 0. The summed E-state index contributed by atoms with van der Waals surface area (Å²) in [4.78, 5) is 31.5. The number of carbonyl (C=O) groups is 2. The fourth-order valence-electron chi connectivity index (χ4n) is 1.45. The van der Waals surface area contributed by atoms with Crippen molar-refractivity contribution in [3.8, 4) is 0 Å². The predicted octanol–water partition coefficient (Wildman–Crippen LogP) is 1.22. The molecular formula is C12H13N5O3S2. The van der Waals surface area contributed by atoms with Crippen LogP contribution in [0.15, 0.2) is 16.7 Å². The third kappa shape index (κ3) is 5.37. The van der Waals surface area contributed by atoms with Crippen LogP contribution in [0.2, 0.25) is 0 Å². The molecule has 0 saturated carbocycles. The van der Waals surface area contributed by atoms with Gasteiger partial charge < -0.3 is 4.74 Å². The summed E-state index contributed by atoms with van der Waals surface area (Å²) in [7, 11) is 0. The van der Waals surface area contributed by atoms with E-state index >= 15 is 0 Å². The maximum atomic E-state index is 11.6. The summed E-state index contributed by atoms with van der Waals surface area (Å²) in [5, 5.41) is 10.6. The second-order valence-electron chi connectivity index (χ2n) is 4.17. The van der Waals surface area contributed by atoms with Gasteiger partial charge in [0.2, 0.25) is 5.13 Å². The van der Waals surface area contributed by atoms with E-state index in [2.05, 4.69) is 25.5 Å². The fourth-order valence-corrected chi connectivity index (χ4v) is 2.66. The van der Waals surface area contributed by atoms with Gasteiger partial charge in [-0.3, -0.25) is 14.9 Å². The maximum Gasteiger partial charge on any atom is 0.316 e. The van der Waals surface area contributed by atoms with Gasteiger partial charge in [0, 0.05) is 11.4 Å². The Hall–Kier alpha value is -2.07. The number of nitrogens with zero attached hydrogens (tertiary/aromatic N) is 4. The van der Waals surface area contributed by atoms with Gasteiger partial charge in [-0.15, -0.1) is 10.2 Å². The highest BCUT2D eigenvalue weighted by Gasteiger charge is 2.11. The highest BCUT2D eigenvalue weighted by atomic mass is 32.2. The van der Waals surface area contributed by atoms with Gasteiger partial charge in [-0.25, -0.2) is 9.97 Å². The number of ether oxygens (including phenoxy) is 1. The first-order valence-corrected chi connectivity index (χ1v) is 8.06. The van der Waals surface area contributed by atoms with Crippen molar-refractivity contribution in [2.45, 2.75) is 19.0 Å². The second kappa shape index (κ2) is 7.80. The summed E-state index contributed by atoms with van der Waals surface area (Å²) in [6.45, 7) is 3.34. The Morgan fingerprint density at radius 3 is 2.68 bits per heavy atom. The van der Waals surface area contributed by atoms with E-state index in [4.69, 9.17) is 4.74 Å². The Labute approximate surface area is 134 Å². The average Bonchev–Trinajstić information content (AvgIpc) is 2.95. The van der Waals surface area contributed by atoms with Crippen LogP contribution in [0.4, 0.5) is 5.13 Å². The number of amides is 1. The molecule has 0 saturated heterocycles. The van der Waals surface area contributed by atoms with Gasteiger partial charge >= 0.3 is 5.97 Å². The molecule has 1 amide bonds. The Kier molecular flexibility index (Phi) is 5.78. The number of hydrogen-bond acceptors (Lipinski definition) is 9. The number of nitrogens with one attached hydrogen (secondary N) is 1. The van der Waals surface area contributed by atoms with Crippen molar-refractivity contribution in [1.29, 1.82) is 0 Å². The first-order chi connectivity index (χ1) is 10.5. The lowest BCUT2D eigenvalue weighted by atomic mass is 10.4. The van der Waals surface area contributed by atoms with Crippen LogP contribution in [0, 0.1) is 13.8 Å². The van der Waals surface area contributed by atoms with Gasteiger partial charge in [0.1, 0.15) is 5.51 Å². The van der Waals surface area contributed by atoms with Gasteiger partial charge in [0.15, 0.2) is 11.8 Å². The van der Waals surface area contributed by atoms with Crippen LogP contribution in [0.5, 0.6) is 0 Å². The number of carbonyl (C=O) groups excluding carboxylic acids is 2. The molecule has 0 radical (unpaired) electrons. The zero-order valence-electron chi connectivity index (χ0n) is 11.9. The summed E-state index contributed by atoms with van der Waals surface area (Å²) >= 11 is 2.35. The molecule has 0 aliphatic carbocycles. The molecule has 22 heavy (non-hydrogen) atoms. The minimum Gasteiger partial charge on any atom is -0.455 e. The van der Waals surface area contributed by atoms with E-state index in [1.165, 1.54) is 28.6 Å². The number of rotatable bonds is 6. The van der Waals surface area contributed by atoms with Gasteiger partial charge in [-0.1, -0.05) is 23.1 Å². The molecule has 1 N–H and O–H groups in total. The van der Waals surface area contributed by atoms with Crippen LogP contribution >= 0.6 is 23.1 Å². The van der Waals surface area contributed by atoms with E-state index in [0.29, 0.717) is 10.3 Å². The summed E-state index contributed by atoms with van der Waals surface area (Å²) < 4.78 is 4.86. The average molecular weight is 339 g/mol. The smallest absolute Gasteiger partial charge is 0.316 e. The van der Waals surface area contributed by atoms with Crippen molar-refractivity contribution in [3.05, 3.63) is 23.0 Å². The number of aryl methyl sites for hydroxylation is 2. The van der Waals surface area contributed by atoms with E-state index in [1.54, 1.807) is 0 Å². The minimum absolute atomic E-state index is 0.0367. The normalized spacial score (nSPS) is 10.3. The molecule has 0 atom stereocenters.